The zero-order valence-corrected chi connectivity index (χ0v) is 26.1. The molecule has 10 heteroatoms. The van der Waals surface area contributed by atoms with E-state index in [1.807, 2.05) is 42.5 Å². The monoisotopic (exact) mass is 626 g/mol. The van der Waals surface area contributed by atoms with Crippen LogP contribution < -0.4 is 21.0 Å². The van der Waals surface area contributed by atoms with E-state index in [2.05, 4.69) is 32.6 Å². The van der Waals surface area contributed by atoms with Crippen LogP contribution in [0.25, 0.3) is 42.3 Å². The summed E-state index contributed by atoms with van der Waals surface area (Å²) >= 11 is 1.69. The topological polar surface area (TPSA) is 96.3 Å². The van der Waals surface area contributed by atoms with E-state index in [1.54, 1.807) is 17.4 Å². The van der Waals surface area contributed by atoms with Crippen LogP contribution in [0.3, 0.4) is 0 Å². The molecule has 5 aromatic rings. The largest absolute Gasteiger partial charge is 0.440 e. The molecular weight excluding hydrogens is 588 g/mol. The van der Waals surface area contributed by atoms with Gasteiger partial charge in [-0.2, -0.15) is 0 Å². The van der Waals surface area contributed by atoms with Crippen molar-refractivity contribution in [1.82, 2.24) is 10.2 Å². The van der Waals surface area contributed by atoms with Crippen LogP contribution in [-0.2, 0) is 14.3 Å². The highest BCUT2D eigenvalue weighted by atomic mass is 32.1. The van der Waals surface area contributed by atoms with Crippen molar-refractivity contribution in [3.63, 3.8) is 0 Å². The lowest BCUT2D eigenvalue weighted by atomic mass is 9.99. The molecule has 45 heavy (non-hydrogen) atoms. The van der Waals surface area contributed by atoms with Crippen LogP contribution in [0.4, 0.5) is 11.6 Å². The number of fused-ring (bicyclic) bond motifs is 4. The minimum Gasteiger partial charge on any atom is -0.440 e. The predicted octanol–water partition coefficient (Wildman–Crippen LogP) is 5.31. The predicted molar refractivity (Wildman–Crippen MR) is 182 cm³/mol. The van der Waals surface area contributed by atoms with E-state index in [4.69, 9.17) is 13.9 Å². The molecule has 0 spiro atoms. The molecular formula is C35H38N4O5S. The van der Waals surface area contributed by atoms with Crippen LogP contribution in [0.1, 0.15) is 12.8 Å². The Morgan fingerprint density at radius 3 is 2.47 bits per heavy atom. The number of nitrogens with one attached hydrogen (secondary N) is 2. The van der Waals surface area contributed by atoms with Crippen LogP contribution in [0.15, 0.2) is 69.9 Å². The van der Waals surface area contributed by atoms with Gasteiger partial charge in [0.15, 0.2) is 11.3 Å². The molecule has 0 saturated carbocycles. The number of ether oxygens (including phenoxy) is 2. The van der Waals surface area contributed by atoms with Crippen LogP contribution in [0.2, 0.25) is 0 Å². The van der Waals surface area contributed by atoms with Gasteiger partial charge in [-0.05, 0) is 37.7 Å². The van der Waals surface area contributed by atoms with E-state index >= 15 is 0 Å². The Labute approximate surface area is 265 Å². The van der Waals surface area contributed by atoms with Crippen molar-refractivity contribution in [2.45, 2.75) is 12.8 Å². The Morgan fingerprint density at radius 2 is 1.62 bits per heavy atom. The number of hydrogen-bond acceptors (Lipinski definition) is 9. The van der Waals surface area contributed by atoms with Gasteiger partial charge in [0, 0.05) is 76.5 Å². The second-order valence-corrected chi connectivity index (χ2v) is 12.6. The first-order valence-corrected chi connectivity index (χ1v) is 16.6. The smallest absolute Gasteiger partial charge is 0.225 e. The first-order valence-electron chi connectivity index (χ1n) is 15.8. The fourth-order valence-corrected chi connectivity index (χ4v) is 7.51. The molecule has 1 amide bonds. The Bertz CT molecular complexity index is 1870. The summed E-state index contributed by atoms with van der Waals surface area (Å²) in [6.45, 7) is 8.74. The summed E-state index contributed by atoms with van der Waals surface area (Å²) in [5.41, 5.74) is 3.13. The van der Waals surface area contributed by atoms with Gasteiger partial charge < -0.3 is 29.4 Å². The van der Waals surface area contributed by atoms with Crippen molar-refractivity contribution in [1.29, 1.82) is 0 Å². The summed E-state index contributed by atoms with van der Waals surface area (Å²) in [6, 6.07) is 19.6. The maximum absolute atomic E-state index is 13.2. The van der Waals surface area contributed by atoms with Crippen LogP contribution >= 0.6 is 11.3 Å². The van der Waals surface area contributed by atoms with Crippen molar-refractivity contribution >= 4 is 60.0 Å². The van der Waals surface area contributed by atoms with Gasteiger partial charge in [0.1, 0.15) is 5.58 Å². The summed E-state index contributed by atoms with van der Waals surface area (Å²) in [5, 5.41) is 9.26. The number of amides is 1. The van der Waals surface area contributed by atoms with Crippen molar-refractivity contribution in [2.24, 2.45) is 0 Å². The molecule has 0 atom stereocenters. The highest BCUT2D eigenvalue weighted by Gasteiger charge is 2.21. The van der Waals surface area contributed by atoms with Gasteiger partial charge in [-0.25, -0.2) is 0 Å². The normalized spacial score (nSPS) is 16.1. The van der Waals surface area contributed by atoms with Gasteiger partial charge in [-0.15, -0.1) is 11.3 Å². The van der Waals surface area contributed by atoms with E-state index in [1.165, 1.54) is 0 Å². The first-order chi connectivity index (χ1) is 22.2. The molecule has 0 aliphatic carbocycles. The summed E-state index contributed by atoms with van der Waals surface area (Å²) in [7, 11) is 0. The van der Waals surface area contributed by atoms with E-state index < -0.39 is 0 Å². The minimum absolute atomic E-state index is 0.0219. The number of benzene rings is 3. The summed E-state index contributed by atoms with van der Waals surface area (Å²) < 4.78 is 19.6. The molecule has 2 fully saturated rings. The molecule has 3 aromatic carbocycles. The van der Waals surface area contributed by atoms with Crippen LogP contribution in [-0.4, -0.2) is 83.0 Å². The molecule has 2 aliphatic rings. The van der Waals surface area contributed by atoms with E-state index in [0.29, 0.717) is 56.1 Å². The molecule has 4 heterocycles. The van der Waals surface area contributed by atoms with Crippen molar-refractivity contribution < 1.29 is 18.7 Å². The number of morpholine rings is 2. The third kappa shape index (κ3) is 6.47. The van der Waals surface area contributed by atoms with Crippen molar-refractivity contribution in [2.75, 3.05) is 82.5 Å². The molecule has 7 rings (SSSR count). The van der Waals surface area contributed by atoms with Gasteiger partial charge in [-0.3, -0.25) is 14.5 Å². The quantitative estimate of drug-likeness (QED) is 0.202. The number of hydrogen-bond donors (Lipinski definition) is 2. The minimum atomic E-state index is -0.0641. The van der Waals surface area contributed by atoms with E-state index in [9.17, 15) is 9.59 Å². The van der Waals surface area contributed by atoms with Crippen LogP contribution in [0, 0.1) is 0 Å². The number of thiophene rings is 1. The first kappa shape index (κ1) is 29.9. The zero-order chi connectivity index (χ0) is 30.6. The maximum atomic E-state index is 13.2. The summed E-state index contributed by atoms with van der Waals surface area (Å²) in [4.78, 5) is 30.9. The third-order valence-electron chi connectivity index (χ3n) is 8.62. The Morgan fingerprint density at radius 1 is 0.844 bits per heavy atom. The molecule has 0 bridgehead atoms. The molecule has 2 saturated heterocycles. The number of nitrogens with zero attached hydrogens (tertiary/aromatic N) is 2. The van der Waals surface area contributed by atoms with Crippen molar-refractivity contribution in [3.05, 3.63) is 70.9 Å². The molecule has 2 aromatic heterocycles. The van der Waals surface area contributed by atoms with Gasteiger partial charge >= 0.3 is 0 Å². The van der Waals surface area contributed by atoms with Gasteiger partial charge in [-0.1, -0.05) is 36.4 Å². The Hall–Kier alpha value is -3.80. The second kappa shape index (κ2) is 13.7. The SMILES string of the molecule is O=C(CCNCCCN1CCOCC1)Nc1ccc(-c2cccc3c(=O)cc(N4CCOCC4)oc23)c2sc3ccccc3c12. The average Bonchev–Trinajstić information content (AvgIpc) is 3.47. The van der Waals surface area contributed by atoms with Crippen molar-refractivity contribution in [3.8, 4) is 11.1 Å². The molecule has 2 aliphatic heterocycles. The number of carbonyl (C=O) groups excluding carboxylic acids is 1. The van der Waals surface area contributed by atoms with Gasteiger partial charge in [0.2, 0.25) is 5.91 Å². The Kier molecular flexibility index (Phi) is 9.08. The third-order valence-corrected chi connectivity index (χ3v) is 9.82. The number of para-hydroxylation sites is 1. The lowest BCUT2D eigenvalue weighted by molar-refractivity contribution is -0.116. The van der Waals surface area contributed by atoms with Gasteiger partial charge in [0.05, 0.1) is 37.5 Å². The molecule has 0 radical (unpaired) electrons. The molecule has 234 valence electrons. The fourth-order valence-electron chi connectivity index (χ4n) is 6.25. The van der Waals surface area contributed by atoms with E-state index in [-0.39, 0.29) is 11.3 Å². The highest BCUT2D eigenvalue weighted by molar-refractivity contribution is 7.26. The van der Waals surface area contributed by atoms with E-state index in [0.717, 1.165) is 82.8 Å². The second-order valence-electron chi connectivity index (χ2n) is 11.5. The average molecular weight is 627 g/mol. The number of carbonyl (C=O) groups is 1. The standard InChI is InChI=1S/C35H38N4O5S/c40-29-23-32(39-17-21-43-22-18-39)44-34-24(6-3-7-26(29)34)25-9-10-28(33-27-5-1-2-8-30(27)45-35(25)33)37-31(41)11-13-36-12-4-14-38-15-19-42-20-16-38/h1-3,5-10,23,36H,4,11-22H2,(H,37,41). The maximum Gasteiger partial charge on any atom is 0.225 e. The highest BCUT2D eigenvalue weighted by Crippen LogP contribution is 2.45. The molecule has 2 N–H and O–H groups in total. The lowest BCUT2D eigenvalue weighted by Crippen LogP contribution is -2.37. The van der Waals surface area contributed by atoms with Gasteiger partial charge in [0.25, 0.3) is 0 Å². The molecule has 0 unspecified atom stereocenters. The lowest BCUT2D eigenvalue weighted by Gasteiger charge is -2.27. The fraction of sp³-hybridized carbons (Fsp3) is 0.371. The molecule has 9 nitrogen and oxygen atoms in total. The summed E-state index contributed by atoms with van der Waals surface area (Å²) in [6.07, 6.45) is 1.44. The number of anilines is 2. The zero-order valence-electron chi connectivity index (χ0n) is 25.3. The summed E-state index contributed by atoms with van der Waals surface area (Å²) in [5.74, 6) is 0.542. The van der Waals surface area contributed by atoms with Crippen LogP contribution in [0.5, 0.6) is 0 Å². The number of rotatable bonds is 10. The Balaban J connectivity index is 1.15.